The van der Waals surface area contributed by atoms with Crippen molar-refractivity contribution in [3.8, 4) is 0 Å². The number of rotatable bonds is 0. The Morgan fingerprint density at radius 1 is 1.33 bits per heavy atom. The first kappa shape index (κ1) is 5.85. The quantitative estimate of drug-likeness (QED) is 0.418. The second-order valence-electron chi connectivity index (χ2n) is 2.39. The minimum Gasteiger partial charge on any atom is -0.396 e. The molecule has 0 bridgehead atoms. The predicted molar refractivity (Wildman–Crippen MR) is 33.7 cm³/mol. The molecule has 0 amide bonds. The lowest BCUT2D eigenvalue weighted by molar-refractivity contribution is -0.0209. The van der Waals surface area contributed by atoms with Gasteiger partial charge in [-0.2, -0.15) is 0 Å². The van der Waals surface area contributed by atoms with Crippen molar-refractivity contribution in [3.05, 3.63) is 0 Å². The van der Waals surface area contributed by atoms with Crippen molar-refractivity contribution in [1.82, 2.24) is 0 Å². The molecule has 0 aromatic carbocycles. The highest BCUT2D eigenvalue weighted by Gasteiger charge is 2.31. The van der Waals surface area contributed by atoms with Gasteiger partial charge in [-0.1, -0.05) is 0 Å². The van der Waals surface area contributed by atoms with E-state index in [-0.39, 0.29) is 6.10 Å². The van der Waals surface area contributed by atoms with E-state index in [2.05, 4.69) is 0 Å². The summed E-state index contributed by atoms with van der Waals surface area (Å²) < 4.78 is 15.9. The molecule has 9 heavy (non-hydrogen) atoms. The Labute approximate surface area is 56.3 Å². The topological polar surface area (TPSA) is 27.7 Å². The van der Waals surface area contributed by atoms with Crippen LogP contribution in [0.15, 0.2) is 0 Å². The maximum absolute atomic E-state index is 5.39. The normalized spacial score (nSPS) is 45.3. The number of fused-ring (bicyclic) bond motifs is 1. The smallest absolute Gasteiger partial charge is 0.304 e. The fraction of sp³-hybridized carbons (Fsp3) is 1.00. The summed E-state index contributed by atoms with van der Waals surface area (Å²) >= 11 is 0. The third-order valence-corrected chi connectivity index (χ3v) is 2.76. The molecule has 2 heterocycles. The molecular formula is C5H10O3Si. The lowest BCUT2D eigenvalue weighted by Gasteiger charge is -2.24. The fourth-order valence-corrected chi connectivity index (χ4v) is 2.26. The maximum Gasteiger partial charge on any atom is 0.304 e. The van der Waals surface area contributed by atoms with Crippen LogP contribution in [-0.2, 0) is 13.6 Å². The molecule has 2 fully saturated rings. The summed E-state index contributed by atoms with van der Waals surface area (Å²) in [6, 6.07) is 0. The van der Waals surface area contributed by atoms with E-state index < -0.39 is 10.0 Å². The van der Waals surface area contributed by atoms with Crippen LogP contribution in [0.25, 0.3) is 0 Å². The van der Waals surface area contributed by atoms with Gasteiger partial charge in [-0.05, 0) is 6.42 Å². The van der Waals surface area contributed by atoms with Crippen LogP contribution in [0.3, 0.4) is 0 Å². The molecule has 0 N–H and O–H groups in total. The average molecular weight is 146 g/mol. The first-order chi connectivity index (χ1) is 4.47. The van der Waals surface area contributed by atoms with Gasteiger partial charge in [0.1, 0.15) is 6.10 Å². The molecule has 52 valence electrons. The zero-order valence-electron chi connectivity index (χ0n) is 5.21. The number of hydrogen-bond donors (Lipinski definition) is 0. The second kappa shape index (κ2) is 2.38. The largest absolute Gasteiger partial charge is 0.396 e. The van der Waals surface area contributed by atoms with E-state index in [4.69, 9.17) is 13.6 Å². The molecule has 4 heteroatoms. The first-order valence-electron chi connectivity index (χ1n) is 3.28. The molecule has 2 saturated heterocycles. The summed E-state index contributed by atoms with van der Waals surface area (Å²) in [4.78, 5) is 0. The molecule has 0 spiro atoms. The number of ether oxygens (including phenoxy) is 1. The molecule has 0 aliphatic carbocycles. The molecule has 2 unspecified atom stereocenters. The Balaban J connectivity index is 1.97. The van der Waals surface area contributed by atoms with Gasteiger partial charge in [-0.15, -0.1) is 0 Å². The molecule has 0 aromatic rings. The van der Waals surface area contributed by atoms with Crippen LogP contribution in [0.1, 0.15) is 6.42 Å². The molecule has 2 atom stereocenters. The Bertz CT molecular complexity index is 96.4. The van der Waals surface area contributed by atoms with Gasteiger partial charge in [0.25, 0.3) is 0 Å². The van der Waals surface area contributed by atoms with Crippen LogP contribution >= 0.6 is 0 Å². The van der Waals surface area contributed by atoms with Crippen molar-refractivity contribution >= 4 is 10.0 Å². The van der Waals surface area contributed by atoms with E-state index in [1.807, 2.05) is 0 Å². The van der Waals surface area contributed by atoms with Crippen LogP contribution in [-0.4, -0.2) is 35.4 Å². The minimum absolute atomic E-state index is 0.256. The monoisotopic (exact) mass is 146 g/mol. The van der Waals surface area contributed by atoms with E-state index in [0.717, 1.165) is 19.6 Å². The summed E-state index contributed by atoms with van der Waals surface area (Å²) in [5.41, 5.74) is 0. The lowest BCUT2D eigenvalue weighted by atomic mass is 10.2. The van der Waals surface area contributed by atoms with Gasteiger partial charge in [-0.25, -0.2) is 0 Å². The summed E-state index contributed by atoms with van der Waals surface area (Å²) in [5.74, 6) is 0. The van der Waals surface area contributed by atoms with Gasteiger partial charge in [0.15, 0.2) is 0 Å². The summed E-state index contributed by atoms with van der Waals surface area (Å²) in [7, 11) is -0.622. The van der Waals surface area contributed by atoms with Gasteiger partial charge in [0, 0.05) is 6.61 Å². The van der Waals surface area contributed by atoms with Crippen LogP contribution in [0.5, 0.6) is 0 Å². The van der Waals surface area contributed by atoms with Gasteiger partial charge in [0.05, 0.1) is 12.7 Å². The van der Waals surface area contributed by atoms with Crippen molar-refractivity contribution in [1.29, 1.82) is 0 Å². The maximum atomic E-state index is 5.39. The molecule has 0 radical (unpaired) electrons. The van der Waals surface area contributed by atoms with Crippen LogP contribution in [0.2, 0.25) is 0 Å². The van der Waals surface area contributed by atoms with Crippen molar-refractivity contribution in [3.63, 3.8) is 0 Å². The highest BCUT2D eigenvalue weighted by molar-refractivity contribution is 6.18. The highest BCUT2D eigenvalue weighted by atomic mass is 28.3. The van der Waals surface area contributed by atoms with Crippen molar-refractivity contribution in [2.75, 3.05) is 13.2 Å². The first-order valence-corrected chi connectivity index (χ1v) is 4.43. The Morgan fingerprint density at radius 2 is 2.33 bits per heavy atom. The molecule has 2 aliphatic rings. The number of hydrogen-bond acceptors (Lipinski definition) is 3. The fourth-order valence-electron chi connectivity index (χ4n) is 1.27. The standard InChI is InChI=1S/C5H10O3Si/c1-2-6-5-3-7-9-8-4(1)5/h4-5H,1-3,9H2. The van der Waals surface area contributed by atoms with E-state index in [9.17, 15) is 0 Å². The summed E-state index contributed by atoms with van der Waals surface area (Å²) in [6.45, 7) is 1.63. The zero-order valence-corrected chi connectivity index (χ0v) is 6.62. The Hall–Kier alpha value is 0.0969. The third-order valence-electron chi connectivity index (χ3n) is 1.80. The van der Waals surface area contributed by atoms with E-state index in [1.54, 1.807) is 0 Å². The third kappa shape index (κ3) is 1.03. The Morgan fingerprint density at radius 3 is 3.22 bits per heavy atom. The van der Waals surface area contributed by atoms with Gasteiger partial charge < -0.3 is 13.6 Å². The molecule has 0 saturated carbocycles. The average Bonchev–Trinajstić information content (AvgIpc) is 2.33. The zero-order chi connectivity index (χ0) is 6.10. The van der Waals surface area contributed by atoms with Crippen molar-refractivity contribution in [2.24, 2.45) is 0 Å². The SMILES string of the molecule is C1CC2O[SiH2]OCC2O1. The predicted octanol–water partition coefficient (Wildman–Crippen LogP) is -0.811. The van der Waals surface area contributed by atoms with Gasteiger partial charge in [-0.3, -0.25) is 0 Å². The molecule has 2 rings (SSSR count). The summed E-state index contributed by atoms with van der Waals surface area (Å²) in [6.07, 6.45) is 1.71. The van der Waals surface area contributed by atoms with Gasteiger partial charge >= 0.3 is 10.0 Å². The van der Waals surface area contributed by atoms with Crippen molar-refractivity contribution < 1.29 is 13.6 Å². The van der Waals surface area contributed by atoms with E-state index in [0.29, 0.717) is 6.10 Å². The van der Waals surface area contributed by atoms with Crippen LogP contribution in [0, 0.1) is 0 Å². The van der Waals surface area contributed by atoms with Crippen LogP contribution in [0.4, 0.5) is 0 Å². The lowest BCUT2D eigenvalue weighted by Crippen LogP contribution is -2.36. The van der Waals surface area contributed by atoms with E-state index >= 15 is 0 Å². The molecule has 2 aliphatic heterocycles. The molecule has 0 aromatic heterocycles. The molecule has 3 nitrogen and oxygen atoms in total. The van der Waals surface area contributed by atoms with Gasteiger partial charge in [0.2, 0.25) is 0 Å². The Kier molecular flexibility index (Phi) is 1.55. The molecular weight excluding hydrogens is 136 g/mol. The van der Waals surface area contributed by atoms with E-state index in [1.165, 1.54) is 0 Å². The minimum atomic E-state index is -0.622. The second-order valence-corrected chi connectivity index (χ2v) is 3.37. The summed E-state index contributed by atoms with van der Waals surface area (Å²) in [5, 5.41) is 0. The highest BCUT2D eigenvalue weighted by Crippen LogP contribution is 2.19. The van der Waals surface area contributed by atoms with Crippen molar-refractivity contribution in [2.45, 2.75) is 18.6 Å². The van der Waals surface area contributed by atoms with Crippen LogP contribution < -0.4 is 0 Å².